The standard InChI is InChI=1S/C34H36N4O7S2/c1-5-20(14-27(39)35-15-28-36-26(17-46-28)30-38-34(4,18-47-30)32(41)42)45-31(40)29(19(2)3)37-33(43)44-16-25-23-12-8-6-10-21(23)22-11-7-9-13-24(22)25/h5-13,17,19-20,25,29H,1,14-16,18H2,2-4H3,(H,35,39)(H,37,43)(H,41,42)/t20-,29+,34+/m1/s1. The van der Waals surface area contributed by atoms with Gasteiger partial charge in [-0.25, -0.2) is 19.4 Å². The van der Waals surface area contributed by atoms with E-state index in [9.17, 15) is 24.3 Å². The Balaban J connectivity index is 1.11. The fourth-order valence-electron chi connectivity index (χ4n) is 5.32. The number of aliphatic imine (C=N–C) groups is 1. The zero-order valence-corrected chi connectivity index (χ0v) is 27.9. The van der Waals surface area contributed by atoms with Crippen molar-refractivity contribution in [1.82, 2.24) is 15.6 Å². The van der Waals surface area contributed by atoms with E-state index in [2.05, 4.69) is 39.3 Å². The number of hydrogen-bond acceptors (Lipinski definition) is 10. The molecule has 0 saturated heterocycles. The number of alkyl carbamates (subject to hydrolysis) is 1. The van der Waals surface area contributed by atoms with Gasteiger partial charge in [0.15, 0.2) is 5.54 Å². The average molecular weight is 677 g/mol. The van der Waals surface area contributed by atoms with Gasteiger partial charge in [-0.2, -0.15) is 0 Å². The number of thiazole rings is 1. The van der Waals surface area contributed by atoms with Crippen LogP contribution in [0.4, 0.5) is 4.79 Å². The summed E-state index contributed by atoms with van der Waals surface area (Å²) in [7, 11) is 0. The molecule has 5 rings (SSSR count). The number of fused-ring (bicyclic) bond motifs is 3. The topological polar surface area (TPSA) is 156 Å². The lowest BCUT2D eigenvalue weighted by atomic mass is 9.98. The van der Waals surface area contributed by atoms with Crippen molar-refractivity contribution in [1.29, 1.82) is 0 Å². The number of carbonyl (C=O) groups is 4. The molecule has 3 aromatic rings. The summed E-state index contributed by atoms with van der Waals surface area (Å²) in [5.74, 6) is -2.22. The molecule has 0 bridgehead atoms. The fraction of sp³-hybridized carbons (Fsp3) is 0.353. The van der Waals surface area contributed by atoms with Gasteiger partial charge >= 0.3 is 18.0 Å². The molecule has 2 heterocycles. The molecule has 0 unspecified atom stereocenters. The number of carboxylic acids is 1. The van der Waals surface area contributed by atoms with Crippen molar-refractivity contribution in [2.75, 3.05) is 12.4 Å². The van der Waals surface area contributed by atoms with Crippen LogP contribution in [0, 0.1) is 5.92 Å². The third-order valence-corrected chi connectivity index (χ3v) is 10.1. The lowest BCUT2D eigenvalue weighted by Gasteiger charge is -2.23. The Bertz CT molecular complexity index is 1680. The third-order valence-electron chi connectivity index (χ3n) is 7.96. The summed E-state index contributed by atoms with van der Waals surface area (Å²) >= 11 is 2.64. The zero-order valence-electron chi connectivity index (χ0n) is 26.2. The smallest absolute Gasteiger partial charge is 0.407 e. The van der Waals surface area contributed by atoms with Crippen molar-refractivity contribution in [2.24, 2.45) is 10.9 Å². The normalized spacial score (nSPS) is 18.0. The molecule has 2 aliphatic rings. The highest BCUT2D eigenvalue weighted by molar-refractivity contribution is 8.14. The van der Waals surface area contributed by atoms with Crippen LogP contribution < -0.4 is 10.6 Å². The highest BCUT2D eigenvalue weighted by Gasteiger charge is 2.39. The molecule has 1 aromatic heterocycles. The Kier molecular flexibility index (Phi) is 10.5. The second-order valence-corrected chi connectivity index (χ2v) is 13.7. The molecular formula is C34H36N4O7S2. The molecule has 0 saturated carbocycles. The largest absolute Gasteiger partial charge is 0.479 e. The Hall–Kier alpha value is -4.49. The molecule has 1 aliphatic heterocycles. The number of nitrogens with one attached hydrogen (secondary N) is 2. The van der Waals surface area contributed by atoms with E-state index in [1.165, 1.54) is 29.2 Å². The van der Waals surface area contributed by atoms with E-state index in [-0.39, 0.29) is 31.4 Å². The molecule has 2 aromatic carbocycles. The monoisotopic (exact) mass is 676 g/mol. The molecule has 3 atom stereocenters. The van der Waals surface area contributed by atoms with Crippen molar-refractivity contribution in [3.05, 3.63) is 88.4 Å². The van der Waals surface area contributed by atoms with Crippen molar-refractivity contribution in [3.8, 4) is 11.1 Å². The number of amides is 2. The first kappa shape index (κ1) is 33.9. The molecule has 246 valence electrons. The van der Waals surface area contributed by atoms with Gasteiger partial charge in [-0.05, 0) is 35.1 Å². The Morgan fingerprint density at radius 1 is 1.11 bits per heavy atom. The number of thioether (sulfide) groups is 1. The lowest BCUT2D eigenvalue weighted by molar-refractivity contribution is -0.151. The molecule has 0 radical (unpaired) electrons. The molecule has 1 aliphatic carbocycles. The first-order valence-electron chi connectivity index (χ1n) is 15.1. The second-order valence-electron chi connectivity index (χ2n) is 11.8. The van der Waals surface area contributed by atoms with Crippen LogP contribution in [-0.4, -0.2) is 69.1 Å². The van der Waals surface area contributed by atoms with E-state index in [1.807, 2.05) is 36.4 Å². The number of benzene rings is 2. The molecule has 11 nitrogen and oxygen atoms in total. The van der Waals surface area contributed by atoms with E-state index in [4.69, 9.17) is 9.47 Å². The molecule has 0 fully saturated rings. The predicted molar refractivity (Wildman–Crippen MR) is 181 cm³/mol. The zero-order chi connectivity index (χ0) is 33.7. The van der Waals surface area contributed by atoms with Crippen LogP contribution in [0.3, 0.4) is 0 Å². The van der Waals surface area contributed by atoms with Gasteiger partial charge in [-0.1, -0.05) is 75.0 Å². The quantitative estimate of drug-likeness (QED) is 0.165. The minimum atomic E-state index is -1.19. The van der Waals surface area contributed by atoms with Crippen molar-refractivity contribution in [2.45, 2.75) is 57.3 Å². The lowest BCUT2D eigenvalue weighted by Crippen LogP contribution is -2.46. The van der Waals surface area contributed by atoms with E-state index in [1.54, 1.807) is 26.2 Å². The minimum absolute atomic E-state index is 0.102. The van der Waals surface area contributed by atoms with E-state index < -0.39 is 41.6 Å². The van der Waals surface area contributed by atoms with Gasteiger partial charge in [0.2, 0.25) is 5.91 Å². The number of carbonyl (C=O) groups excluding carboxylic acids is 3. The second kappa shape index (κ2) is 14.5. The Labute approximate surface area is 280 Å². The first-order chi connectivity index (χ1) is 22.5. The average Bonchev–Trinajstić information content (AvgIpc) is 3.77. The summed E-state index contributed by atoms with van der Waals surface area (Å²) < 4.78 is 11.2. The Morgan fingerprint density at radius 3 is 2.36 bits per heavy atom. The Morgan fingerprint density at radius 2 is 1.77 bits per heavy atom. The number of esters is 1. The maximum absolute atomic E-state index is 13.1. The SMILES string of the molecule is C=C[C@H](CC(=O)NCc1nc(C2=N[C@](C)(C(=O)O)CS2)cs1)OC(=O)[C@@H](NC(=O)OCC1c2ccccc2-c2ccccc21)C(C)C. The number of nitrogens with zero attached hydrogens (tertiary/aromatic N) is 2. The first-order valence-corrected chi connectivity index (χ1v) is 17.0. The van der Waals surface area contributed by atoms with Gasteiger partial charge in [-0.3, -0.25) is 9.79 Å². The van der Waals surface area contributed by atoms with Gasteiger partial charge < -0.3 is 25.2 Å². The molecular weight excluding hydrogens is 641 g/mol. The van der Waals surface area contributed by atoms with Gasteiger partial charge in [0.05, 0.1) is 13.0 Å². The summed E-state index contributed by atoms with van der Waals surface area (Å²) in [6.45, 7) is 9.03. The number of rotatable bonds is 13. The minimum Gasteiger partial charge on any atom is -0.479 e. The summed E-state index contributed by atoms with van der Waals surface area (Å²) in [6.07, 6.45) is -0.493. The molecule has 0 spiro atoms. The fourth-order valence-corrected chi connectivity index (χ4v) is 7.24. The van der Waals surface area contributed by atoms with Crippen LogP contribution >= 0.6 is 23.1 Å². The van der Waals surface area contributed by atoms with E-state index in [0.29, 0.717) is 21.5 Å². The number of aliphatic carboxylic acids is 1. The van der Waals surface area contributed by atoms with Crippen LogP contribution in [0.1, 0.15) is 54.9 Å². The molecule has 13 heteroatoms. The van der Waals surface area contributed by atoms with Crippen LogP contribution in [-0.2, 0) is 30.4 Å². The molecule has 47 heavy (non-hydrogen) atoms. The summed E-state index contributed by atoms with van der Waals surface area (Å²) in [4.78, 5) is 59.0. The summed E-state index contributed by atoms with van der Waals surface area (Å²) in [5.41, 5.74) is 3.76. The summed E-state index contributed by atoms with van der Waals surface area (Å²) in [6, 6.07) is 15.0. The van der Waals surface area contributed by atoms with E-state index in [0.717, 1.165) is 22.3 Å². The van der Waals surface area contributed by atoms with Gasteiger partial charge in [0.1, 0.15) is 34.5 Å². The maximum atomic E-state index is 13.1. The third kappa shape index (κ3) is 7.74. The van der Waals surface area contributed by atoms with Gasteiger partial charge in [0.25, 0.3) is 0 Å². The maximum Gasteiger partial charge on any atom is 0.407 e. The number of ether oxygens (including phenoxy) is 2. The highest BCUT2D eigenvalue weighted by Crippen LogP contribution is 2.44. The van der Waals surface area contributed by atoms with Crippen LogP contribution in [0.15, 0.2) is 71.6 Å². The number of hydrogen-bond donors (Lipinski definition) is 3. The highest BCUT2D eigenvalue weighted by atomic mass is 32.2. The van der Waals surface area contributed by atoms with E-state index >= 15 is 0 Å². The van der Waals surface area contributed by atoms with Gasteiger partial charge in [0, 0.05) is 17.1 Å². The van der Waals surface area contributed by atoms with Gasteiger partial charge in [-0.15, -0.1) is 23.1 Å². The predicted octanol–water partition coefficient (Wildman–Crippen LogP) is 5.15. The van der Waals surface area contributed by atoms with Crippen molar-refractivity contribution < 1.29 is 33.8 Å². The summed E-state index contributed by atoms with van der Waals surface area (Å²) in [5, 5.41) is 17.7. The molecule has 2 amide bonds. The number of carboxylic acid groups (broad SMARTS) is 1. The van der Waals surface area contributed by atoms with Crippen molar-refractivity contribution in [3.63, 3.8) is 0 Å². The number of aromatic nitrogens is 1. The van der Waals surface area contributed by atoms with Crippen LogP contribution in [0.2, 0.25) is 0 Å². The molecule has 3 N–H and O–H groups in total. The van der Waals surface area contributed by atoms with Crippen LogP contribution in [0.25, 0.3) is 11.1 Å². The van der Waals surface area contributed by atoms with Crippen molar-refractivity contribution >= 4 is 52.1 Å². The van der Waals surface area contributed by atoms with Crippen LogP contribution in [0.5, 0.6) is 0 Å².